The maximum absolute atomic E-state index is 14.1. The van der Waals surface area contributed by atoms with Crippen LogP contribution in [0.1, 0.15) is 50.0 Å². The summed E-state index contributed by atoms with van der Waals surface area (Å²) in [4.78, 5) is 0. The lowest BCUT2D eigenvalue weighted by molar-refractivity contribution is 0.304. The predicted molar refractivity (Wildman–Crippen MR) is 77.0 cm³/mol. The van der Waals surface area contributed by atoms with Gasteiger partial charge in [-0.2, -0.15) is 4.39 Å². The number of ether oxygens (including phenoxy) is 1. The smallest absolute Gasteiger partial charge is 0.200 e. The largest absolute Gasteiger partial charge is 0.494 e. The van der Waals surface area contributed by atoms with Crippen molar-refractivity contribution in [2.45, 2.75) is 44.4 Å². The van der Waals surface area contributed by atoms with Gasteiger partial charge in [0.2, 0.25) is 5.82 Å². The Morgan fingerprint density at radius 3 is 2.50 bits per heavy atom. The molecule has 0 radical (unpaired) electrons. The van der Waals surface area contributed by atoms with Gasteiger partial charge in [0.05, 0.1) is 7.11 Å². The third-order valence-corrected chi connectivity index (χ3v) is 4.36. The zero-order valence-electron chi connectivity index (χ0n) is 12.0. The molecule has 1 aliphatic carbocycles. The second-order valence-corrected chi connectivity index (χ2v) is 5.57. The molecule has 0 amide bonds. The molecule has 0 spiro atoms. The zero-order chi connectivity index (χ0) is 14.5. The van der Waals surface area contributed by atoms with Crippen molar-refractivity contribution in [2.75, 3.05) is 7.11 Å². The molecule has 1 saturated carbocycles. The van der Waals surface area contributed by atoms with Crippen LogP contribution in [-0.4, -0.2) is 7.11 Å². The molecule has 1 nitrogen and oxygen atoms in total. The first-order chi connectivity index (χ1) is 9.67. The molecule has 1 aromatic carbocycles. The maximum atomic E-state index is 14.1. The molecule has 0 aliphatic heterocycles. The lowest BCUT2D eigenvalue weighted by Gasteiger charge is -2.29. The Kier molecular flexibility index (Phi) is 5.16. The lowest BCUT2D eigenvalue weighted by atomic mass is 9.77. The summed E-state index contributed by atoms with van der Waals surface area (Å²) in [5.74, 6) is -0.783. The second kappa shape index (κ2) is 6.87. The average molecular weight is 280 g/mol. The summed E-state index contributed by atoms with van der Waals surface area (Å²) < 4.78 is 32.6. The molecular formula is C17H22F2O. The van der Waals surface area contributed by atoms with E-state index in [4.69, 9.17) is 4.74 Å². The Labute approximate surface area is 119 Å². The highest BCUT2D eigenvalue weighted by Crippen LogP contribution is 2.39. The number of methoxy groups -OCH3 is 1. The van der Waals surface area contributed by atoms with Gasteiger partial charge in [-0.05, 0) is 62.0 Å². The number of rotatable bonds is 5. The van der Waals surface area contributed by atoms with Crippen LogP contribution in [0.3, 0.4) is 0 Å². The zero-order valence-corrected chi connectivity index (χ0v) is 12.0. The normalized spacial score (nSPS) is 22.6. The van der Waals surface area contributed by atoms with Crippen LogP contribution in [0, 0.1) is 17.6 Å². The van der Waals surface area contributed by atoms with Gasteiger partial charge < -0.3 is 4.74 Å². The Balaban J connectivity index is 2.03. The van der Waals surface area contributed by atoms with Gasteiger partial charge in [0.25, 0.3) is 0 Å². The molecule has 1 aliphatic rings. The fourth-order valence-corrected chi connectivity index (χ4v) is 3.14. The van der Waals surface area contributed by atoms with Gasteiger partial charge in [0.1, 0.15) is 0 Å². The first-order valence-corrected chi connectivity index (χ1v) is 7.30. The minimum atomic E-state index is -0.862. The Hall–Kier alpha value is -1.38. The van der Waals surface area contributed by atoms with Crippen LogP contribution in [0.5, 0.6) is 5.75 Å². The van der Waals surface area contributed by atoms with E-state index < -0.39 is 11.6 Å². The molecule has 0 aromatic heterocycles. The van der Waals surface area contributed by atoms with Gasteiger partial charge in [0, 0.05) is 0 Å². The van der Waals surface area contributed by atoms with E-state index in [1.54, 1.807) is 6.07 Å². The highest BCUT2D eigenvalue weighted by atomic mass is 19.2. The quantitative estimate of drug-likeness (QED) is 0.672. The molecule has 0 bridgehead atoms. The van der Waals surface area contributed by atoms with E-state index >= 15 is 0 Å². The summed E-state index contributed by atoms with van der Waals surface area (Å²) >= 11 is 0. The average Bonchev–Trinajstić information content (AvgIpc) is 2.48. The summed E-state index contributed by atoms with van der Waals surface area (Å²) in [6.45, 7) is 3.74. The molecule has 1 aromatic rings. The summed E-state index contributed by atoms with van der Waals surface area (Å²) in [5.41, 5.74) is 0.505. The lowest BCUT2D eigenvalue weighted by Crippen LogP contribution is -2.15. The van der Waals surface area contributed by atoms with Crippen LogP contribution < -0.4 is 4.74 Å². The van der Waals surface area contributed by atoms with Crippen LogP contribution in [0.15, 0.2) is 24.8 Å². The summed E-state index contributed by atoms with van der Waals surface area (Å²) in [6.07, 6.45) is 8.20. The second-order valence-electron chi connectivity index (χ2n) is 5.57. The summed E-state index contributed by atoms with van der Waals surface area (Å²) in [6, 6.07) is 3.20. The first-order valence-electron chi connectivity index (χ1n) is 7.30. The molecule has 2 rings (SSSR count). The van der Waals surface area contributed by atoms with Crippen molar-refractivity contribution < 1.29 is 13.5 Å². The van der Waals surface area contributed by atoms with Crippen molar-refractivity contribution in [2.24, 2.45) is 5.92 Å². The minimum absolute atomic E-state index is 0.0223. The van der Waals surface area contributed by atoms with E-state index in [1.165, 1.54) is 13.2 Å². The molecule has 0 atom stereocenters. The standard InChI is InChI=1S/C17H22F2O/c1-3-4-5-12-6-8-13(9-7-12)14-10-11-15(20-2)17(19)16(14)18/h3,10-13H,1,4-9H2,2H3. The maximum Gasteiger partial charge on any atom is 0.200 e. The van der Waals surface area contributed by atoms with Crippen molar-refractivity contribution in [3.63, 3.8) is 0 Å². The van der Waals surface area contributed by atoms with Crippen LogP contribution in [0.2, 0.25) is 0 Å². The highest BCUT2D eigenvalue weighted by molar-refractivity contribution is 5.33. The fourth-order valence-electron chi connectivity index (χ4n) is 3.14. The van der Waals surface area contributed by atoms with Gasteiger partial charge in [-0.1, -0.05) is 12.1 Å². The molecule has 3 heteroatoms. The predicted octanol–water partition coefficient (Wildman–Crippen LogP) is 5.21. The van der Waals surface area contributed by atoms with Crippen molar-refractivity contribution in [3.05, 3.63) is 42.0 Å². The van der Waals surface area contributed by atoms with Crippen molar-refractivity contribution in [3.8, 4) is 5.75 Å². The third-order valence-electron chi connectivity index (χ3n) is 4.36. The van der Waals surface area contributed by atoms with Crippen molar-refractivity contribution in [1.29, 1.82) is 0 Å². The van der Waals surface area contributed by atoms with Crippen molar-refractivity contribution in [1.82, 2.24) is 0 Å². The van der Waals surface area contributed by atoms with Gasteiger partial charge >= 0.3 is 0 Å². The van der Waals surface area contributed by atoms with Crippen LogP contribution in [0.4, 0.5) is 8.78 Å². The minimum Gasteiger partial charge on any atom is -0.494 e. The molecule has 0 saturated heterocycles. The summed E-state index contributed by atoms with van der Waals surface area (Å²) in [5, 5.41) is 0. The molecule has 20 heavy (non-hydrogen) atoms. The molecule has 110 valence electrons. The molecule has 0 N–H and O–H groups in total. The van der Waals surface area contributed by atoms with Gasteiger partial charge in [-0.15, -0.1) is 6.58 Å². The SMILES string of the molecule is C=CCCC1CCC(c2ccc(OC)c(F)c2F)CC1. The number of hydrogen-bond acceptors (Lipinski definition) is 1. The van der Waals surface area contributed by atoms with Gasteiger partial charge in [-0.25, -0.2) is 4.39 Å². The van der Waals surface area contributed by atoms with Crippen LogP contribution in [0.25, 0.3) is 0 Å². The molecule has 0 heterocycles. The van der Waals surface area contributed by atoms with Gasteiger partial charge in [0.15, 0.2) is 11.6 Å². The van der Waals surface area contributed by atoms with E-state index in [0.29, 0.717) is 11.5 Å². The molecule has 1 fully saturated rings. The Morgan fingerprint density at radius 2 is 1.90 bits per heavy atom. The third kappa shape index (κ3) is 3.20. The number of allylic oxidation sites excluding steroid dienone is 1. The fraction of sp³-hybridized carbons (Fsp3) is 0.529. The van der Waals surface area contributed by atoms with Crippen LogP contribution in [-0.2, 0) is 0 Å². The number of benzene rings is 1. The van der Waals surface area contributed by atoms with Crippen molar-refractivity contribution >= 4 is 0 Å². The highest BCUT2D eigenvalue weighted by Gasteiger charge is 2.26. The number of halogens is 2. The summed E-state index contributed by atoms with van der Waals surface area (Å²) in [7, 11) is 1.35. The van der Waals surface area contributed by atoms with E-state index in [-0.39, 0.29) is 11.7 Å². The number of hydrogen-bond donors (Lipinski definition) is 0. The topological polar surface area (TPSA) is 9.23 Å². The van der Waals surface area contributed by atoms with Gasteiger partial charge in [-0.3, -0.25) is 0 Å². The monoisotopic (exact) mass is 280 g/mol. The van der Waals surface area contributed by atoms with E-state index in [1.807, 2.05) is 6.08 Å². The Bertz CT molecular complexity index is 462. The molecular weight excluding hydrogens is 258 g/mol. The Morgan fingerprint density at radius 1 is 1.20 bits per heavy atom. The first kappa shape index (κ1) is 15.0. The van der Waals surface area contributed by atoms with E-state index in [9.17, 15) is 8.78 Å². The van der Waals surface area contributed by atoms with E-state index in [0.717, 1.165) is 38.5 Å². The van der Waals surface area contributed by atoms with Crippen LogP contribution >= 0.6 is 0 Å². The van der Waals surface area contributed by atoms with E-state index in [2.05, 4.69) is 6.58 Å². The molecule has 0 unspecified atom stereocenters.